The fourth-order valence-electron chi connectivity index (χ4n) is 3.44. The fraction of sp³-hybridized carbons (Fsp3) is 0.346. The fourth-order valence-corrected chi connectivity index (χ4v) is 3.44. The second kappa shape index (κ2) is 9.48. The first-order valence-corrected chi connectivity index (χ1v) is 10.7. The summed E-state index contributed by atoms with van der Waals surface area (Å²) in [7, 11) is 0. The molecule has 0 radical (unpaired) electrons. The van der Waals surface area contributed by atoms with Gasteiger partial charge < -0.3 is 19.2 Å². The van der Waals surface area contributed by atoms with E-state index in [0.717, 1.165) is 11.1 Å². The van der Waals surface area contributed by atoms with Crippen molar-refractivity contribution in [3.8, 4) is 5.75 Å². The summed E-state index contributed by atoms with van der Waals surface area (Å²) in [5.41, 5.74) is 1.91. The number of ether oxygens (including phenoxy) is 2. The number of aryl methyl sites for hydroxylation is 2. The Kier molecular flexibility index (Phi) is 6.91. The lowest BCUT2D eigenvalue weighted by molar-refractivity contribution is -0.136. The number of amides is 1. The zero-order valence-electron chi connectivity index (χ0n) is 19.8. The van der Waals surface area contributed by atoms with E-state index in [1.165, 1.54) is 0 Å². The van der Waals surface area contributed by atoms with Gasteiger partial charge in [-0.25, -0.2) is 14.4 Å². The predicted molar refractivity (Wildman–Crippen MR) is 126 cm³/mol. The van der Waals surface area contributed by atoms with E-state index in [4.69, 9.17) is 13.9 Å². The SMILES string of the molecule is Cc1cc(OC(=O)C(Cc2ccccc2)NC(=O)OC(C)(C)C)c2c(C)c(C)c(=O)oc2c1. The molecule has 7 heteroatoms. The average molecular weight is 452 g/mol. The van der Waals surface area contributed by atoms with Gasteiger partial charge >= 0.3 is 17.7 Å². The van der Waals surface area contributed by atoms with Gasteiger partial charge in [-0.2, -0.15) is 0 Å². The molecule has 0 aliphatic rings. The molecule has 3 rings (SSSR count). The number of benzene rings is 2. The standard InChI is InChI=1S/C26H29NO6/c1-15-12-20-22(16(2)17(3)23(28)31-20)21(13-15)32-24(29)19(14-18-10-8-7-9-11-18)27-25(30)33-26(4,5)6/h7-13,19H,14H2,1-6H3,(H,27,30). The molecule has 33 heavy (non-hydrogen) atoms. The molecule has 1 aromatic heterocycles. The third-order valence-electron chi connectivity index (χ3n) is 5.13. The van der Waals surface area contributed by atoms with Crippen molar-refractivity contribution in [1.29, 1.82) is 0 Å². The van der Waals surface area contributed by atoms with E-state index in [1.807, 2.05) is 37.3 Å². The van der Waals surface area contributed by atoms with Crippen LogP contribution in [0.4, 0.5) is 4.79 Å². The molecule has 1 atom stereocenters. The second-order valence-corrected chi connectivity index (χ2v) is 9.09. The molecule has 0 spiro atoms. The quantitative estimate of drug-likeness (QED) is 0.341. The van der Waals surface area contributed by atoms with Crippen LogP contribution in [-0.2, 0) is 16.0 Å². The van der Waals surface area contributed by atoms with E-state index in [-0.39, 0.29) is 12.2 Å². The van der Waals surface area contributed by atoms with Crippen molar-refractivity contribution in [3.63, 3.8) is 0 Å². The van der Waals surface area contributed by atoms with E-state index in [2.05, 4.69) is 5.32 Å². The van der Waals surface area contributed by atoms with E-state index in [1.54, 1.807) is 46.8 Å². The largest absolute Gasteiger partial charge is 0.444 e. The second-order valence-electron chi connectivity index (χ2n) is 9.09. The highest BCUT2D eigenvalue weighted by molar-refractivity contribution is 5.92. The van der Waals surface area contributed by atoms with Crippen LogP contribution < -0.4 is 15.7 Å². The highest BCUT2D eigenvalue weighted by atomic mass is 16.6. The molecule has 3 aromatic rings. The molecule has 174 valence electrons. The highest BCUT2D eigenvalue weighted by Crippen LogP contribution is 2.31. The zero-order valence-corrected chi connectivity index (χ0v) is 19.8. The first kappa shape index (κ1) is 24.0. The normalized spacial score (nSPS) is 12.3. The summed E-state index contributed by atoms with van der Waals surface area (Å²) in [4.78, 5) is 37.8. The Morgan fingerprint density at radius 3 is 2.33 bits per heavy atom. The number of esters is 1. The van der Waals surface area contributed by atoms with Gasteiger partial charge in [-0.3, -0.25) is 0 Å². The van der Waals surface area contributed by atoms with Gasteiger partial charge in [0.25, 0.3) is 0 Å². The van der Waals surface area contributed by atoms with Crippen molar-refractivity contribution >= 4 is 23.0 Å². The predicted octanol–water partition coefficient (Wildman–Crippen LogP) is 4.76. The summed E-state index contributed by atoms with van der Waals surface area (Å²) in [6.45, 7) is 10.5. The number of alkyl carbamates (subject to hydrolysis) is 1. The van der Waals surface area contributed by atoms with Gasteiger partial charge in [-0.05, 0) is 70.4 Å². The zero-order chi connectivity index (χ0) is 24.3. The summed E-state index contributed by atoms with van der Waals surface area (Å²) in [6.07, 6.45) is -0.497. The van der Waals surface area contributed by atoms with Crippen LogP contribution in [-0.4, -0.2) is 23.7 Å². The summed E-state index contributed by atoms with van der Waals surface area (Å²) >= 11 is 0. The number of hydrogen-bond donors (Lipinski definition) is 1. The minimum absolute atomic E-state index is 0.218. The molecular formula is C26H29NO6. The summed E-state index contributed by atoms with van der Waals surface area (Å²) in [5.74, 6) is -0.386. The van der Waals surface area contributed by atoms with Gasteiger partial charge in [-0.1, -0.05) is 30.3 Å². The van der Waals surface area contributed by atoms with Gasteiger partial charge in [0, 0.05) is 12.0 Å². The Labute approximate surface area is 192 Å². The third kappa shape index (κ3) is 6.00. The Balaban J connectivity index is 1.96. The molecule has 0 aliphatic heterocycles. The van der Waals surface area contributed by atoms with Gasteiger partial charge in [0.05, 0.1) is 5.39 Å². The number of carbonyl (C=O) groups is 2. The molecule has 2 aromatic carbocycles. The Bertz CT molecular complexity index is 1240. The monoisotopic (exact) mass is 451 g/mol. The molecule has 0 fully saturated rings. The van der Waals surface area contributed by atoms with Crippen molar-refractivity contribution in [2.75, 3.05) is 0 Å². The van der Waals surface area contributed by atoms with Gasteiger partial charge in [0.15, 0.2) is 0 Å². The van der Waals surface area contributed by atoms with Crippen LogP contribution in [0.5, 0.6) is 5.75 Å². The van der Waals surface area contributed by atoms with Crippen LogP contribution >= 0.6 is 0 Å². The average Bonchev–Trinajstić information content (AvgIpc) is 2.70. The van der Waals surface area contributed by atoms with Gasteiger partial charge in [-0.15, -0.1) is 0 Å². The Hall–Kier alpha value is -3.61. The van der Waals surface area contributed by atoms with Crippen LogP contribution in [0.2, 0.25) is 0 Å². The summed E-state index contributed by atoms with van der Waals surface area (Å²) in [5, 5.41) is 3.17. The van der Waals surface area contributed by atoms with Crippen LogP contribution in [0.15, 0.2) is 51.7 Å². The maximum Gasteiger partial charge on any atom is 0.408 e. The molecule has 1 N–H and O–H groups in total. The maximum atomic E-state index is 13.3. The molecule has 7 nitrogen and oxygen atoms in total. The van der Waals surface area contributed by atoms with Gasteiger partial charge in [0.2, 0.25) is 0 Å². The molecule has 1 heterocycles. The number of fused-ring (bicyclic) bond motifs is 1. The van der Waals surface area contributed by atoms with Crippen molar-refractivity contribution in [2.45, 2.75) is 59.6 Å². The van der Waals surface area contributed by atoms with Crippen molar-refractivity contribution in [2.24, 2.45) is 0 Å². The Morgan fingerprint density at radius 2 is 1.70 bits per heavy atom. The van der Waals surface area contributed by atoms with E-state index in [9.17, 15) is 14.4 Å². The van der Waals surface area contributed by atoms with E-state index < -0.39 is 29.3 Å². The summed E-state index contributed by atoms with van der Waals surface area (Å²) in [6, 6.07) is 11.7. The van der Waals surface area contributed by atoms with Crippen molar-refractivity contribution in [1.82, 2.24) is 5.32 Å². The lowest BCUT2D eigenvalue weighted by Gasteiger charge is -2.23. The van der Waals surface area contributed by atoms with Crippen molar-refractivity contribution in [3.05, 3.63) is 75.1 Å². The molecule has 1 amide bonds. The Morgan fingerprint density at radius 1 is 1.03 bits per heavy atom. The number of carbonyl (C=O) groups excluding carboxylic acids is 2. The smallest absolute Gasteiger partial charge is 0.408 e. The first-order chi connectivity index (χ1) is 15.4. The van der Waals surface area contributed by atoms with Crippen LogP contribution in [0, 0.1) is 20.8 Å². The minimum Gasteiger partial charge on any atom is -0.444 e. The summed E-state index contributed by atoms with van der Waals surface area (Å²) < 4.78 is 16.5. The van der Waals surface area contributed by atoms with E-state index >= 15 is 0 Å². The lowest BCUT2D eigenvalue weighted by atomic mass is 10.0. The van der Waals surface area contributed by atoms with Crippen molar-refractivity contribution < 1.29 is 23.5 Å². The number of rotatable bonds is 5. The minimum atomic E-state index is -0.991. The third-order valence-corrected chi connectivity index (χ3v) is 5.13. The number of hydrogen-bond acceptors (Lipinski definition) is 6. The van der Waals surface area contributed by atoms with E-state index in [0.29, 0.717) is 22.1 Å². The first-order valence-electron chi connectivity index (χ1n) is 10.7. The molecular weight excluding hydrogens is 422 g/mol. The highest BCUT2D eigenvalue weighted by Gasteiger charge is 2.27. The number of nitrogens with one attached hydrogen (secondary N) is 1. The molecule has 1 unspecified atom stereocenters. The molecule has 0 saturated carbocycles. The molecule has 0 bridgehead atoms. The maximum absolute atomic E-state index is 13.3. The van der Waals surface area contributed by atoms with Gasteiger partial charge in [0.1, 0.15) is 23.0 Å². The van der Waals surface area contributed by atoms with Crippen LogP contribution in [0.3, 0.4) is 0 Å². The molecule has 0 aliphatic carbocycles. The van der Waals surface area contributed by atoms with Crippen LogP contribution in [0.25, 0.3) is 11.0 Å². The lowest BCUT2D eigenvalue weighted by Crippen LogP contribution is -2.46. The molecule has 0 saturated heterocycles. The topological polar surface area (TPSA) is 94.8 Å². The van der Waals surface area contributed by atoms with Crippen LogP contribution in [0.1, 0.15) is 43.0 Å².